The van der Waals surface area contributed by atoms with Gasteiger partial charge in [0.25, 0.3) is 11.8 Å². The number of aromatic hydroxyl groups is 1. The van der Waals surface area contributed by atoms with Crippen molar-refractivity contribution in [1.29, 1.82) is 0 Å². The average Bonchev–Trinajstić information content (AvgIpc) is 3.23. The number of halogens is 1. The quantitative estimate of drug-likeness (QED) is 0.517. The minimum absolute atomic E-state index is 0.106. The van der Waals surface area contributed by atoms with Crippen LogP contribution in [0, 0.1) is 23.7 Å². The number of amides is 2. The Balaban J connectivity index is 1.60. The molecule has 1 aromatic carbocycles. The van der Waals surface area contributed by atoms with Gasteiger partial charge >= 0.3 is 0 Å². The molecule has 4 atom stereocenters. The SMILES string of the molecule is COc1cc(/C=N\N2C(=O)[C@H]3[C@H](C2=O)[C@H]2C=C[C@H]3C2)cc(Cl)c1O. The van der Waals surface area contributed by atoms with Crippen LogP contribution in [0.2, 0.25) is 5.02 Å². The summed E-state index contributed by atoms with van der Waals surface area (Å²) in [5.74, 6) is -0.696. The van der Waals surface area contributed by atoms with E-state index >= 15 is 0 Å². The van der Waals surface area contributed by atoms with Crippen LogP contribution in [0.5, 0.6) is 11.5 Å². The van der Waals surface area contributed by atoms with E-state index in [9.17, 15) is 14.7 Å². The van der Waals surface area contributed by atoms with Crippen LogP contribution >= 0.6 is 11.6 Å². The molecule has 3 aliphatic rings. The topological polar surface area (TPSA) is 79.2 Å². The zero-order valence-electron chi connectivity index (χ0n) is 12.8. The number of imide groups is 1. The number of hydrogen-bond acceptors (Lipinski definition) is 5. The third-order valence-electron chi connectivity index (χ3n) is 5.04. The number of benzene rings is 1. The van der Waals surface area contributed by atoms with Gasteiger partial charge in [-0.1, -0.05) is 23.8 Å². The molecule has 2 aliphatic carbocycles. The number of nitrogens with zero attached hydrogens (tertiary/aromatic N) is 2. The third-order valence-corrected chi connectivity index (χ3v) is 5.33. The molecule has 1 N–H and O–H groups in total. The fourth-order valence-electron chi connectivity index (χ4n) is 3.95. The average molecular weight is 347 g/mol. The molecular formula is C17H15ClN2O4. The molecule has 0 unspecified atom stereocenters. The summed E-state index contributed by atoms with van der Waals surface area (Å²) in [6.07, 6.45) is 6.33. The van der Waals surface area contributed by atoms with Crippen LogP contribution in [0.15, 0.2) is 29.4 Å². The normalized spacial score (nSPS) is 30.7. The van der Waals surface area contributed by atoms with Crippen molar-refractivity contribution in [2.75, 3.05) is 7.11 Å². The Bertz CT molecular complexity index is 774. The van der Waals surface area contributed by atoms with Gasteiger partial charge in [-0.3, -0.25) is 9.59 Å². The Morgan fingerprint density at radius 3 is 2.46 bits per heavy atom. The van der Waals surface area contributed by atoms with Crippen molar-refractivity contribution in [3.8, 4) is 11.5 Å². The van der Waals surface area contributed by atoms with E-state index in [1.54, 1.807) is 0 Å². The second-order valence-corrected chi connectivity index (χ2v) is 6.69. The highest BCUT2D eigenvalue weighted by molar-refractivity contribution is 6.32. The number of hydrogen-bond donors (Lipinski definition) is 1. The number of carbonyl (C=O) groups excluding carboxylic acids is 2. The standard InChI is InChI=1S/C17H15ClN2O4/c1-24-12-5-8(4-11(18)15(12)21)7-19-20-16(22)13-9-2-3-10(6-9)14(13)17(20)23/h2-5,7,9-10,13-14,21H,6H2,1H3/b19-7-/t9-,10-,13+,14+/m0/s1. The number of methoxy groups -OCH3 is 1. The number of phenols is 1. The maximum absolute atomic E-state index is 12.5. The first kappa shape index (κ1) is 15.2. The lowest BCUT2D eigenvalue weighted by Gasteiger charge is -2.13. The second kappa shape index (κ2) is 5.34. The Morgan fingerprint density at radius 2 is 1.88 bits per heavy atom. The Kier molecular flexibility index (Phi) is 3.38. The molecule has 7 heteroatoms. The van der Waals surface area contributed by atoms with E-state index in [0.29, 0.717) is 5.56 Å². The van der Waals surface area contributed by atoms with E-state index < -0.39 is 0 Å². The molecule has 4 rings (SSSR count). The number of phenolic OH excluding ortho intramolecular Hbond substituents is 1. The molecule has 24 heavy (non-hydrogen) atoms. The van der Waals surface area contributed by atoms with E-state index in [-0.39, 0.29) is 52.0 Å². The molecule has 1 heterocycles. The van der Waals surface area contributed by atoms with Gasteiger partial charge in [-0.15, -0.1) is 0 Å². The molecule has 0 aromatic heterocycles. The van der Waals surface area contributed by atoms with Crippen molar-refractivity contribution in [3.05, 3.63) is 34.9 Å². The first-order valence-corrected chi connectivity index (χ1v) is 8.05. The fourth-order valence-corrected chi connectivity index (χ4v) is 4.17. The highest BCUT2D eigenvalue weighted by Crippen LogP contribution is 2.52. The van der Waals surface area contributed by atoms with Crippen LogP contribution in [-0.2, 0) is 9.59 Å². The predicted octanol–water partition coefficient (Wildman–Crippen LogP) is 2.20. The van der Waals surface area contributed by atoms with Gasteiger partial charge in [0.2, 0.25) is 0 Å². The molecular weight excluding hydrogens is 332 g/mol. The van der Waals surface area contributed by atoms with Gasteiger partial charge in [0.1, 0.15) is 0 Å². The van der Waals surface area contributed by atoms with E-state index in [0.717, 1.165) is 11.4 Å². The number of rotatable bonds is 3. The first-order valence-electron chi connectivity index (χ1n) is 7.68. The number of allylic oxidation sites excluding steroid dienone is 2. The monoisotopic (exact) mass is 346 g/mol. The lowest BCUT2D eigenvalue weighted by Crippen LogP contribution is -2.28. The van der Waals surface area contributed by atoms with Crippen LogP contribution in [0.25, 0.3) is 0 Å². The zero-order valence-corrected chi connectivity index (χ0v) is 13.6. The molecule has 6 nitrogen and oxygen atoms in total. The van der Waals surface area contributed by atoms with Crippen molar-refractivity contribution < 1.29 is 19.4 Å². The van der Waals surface area contributed by atoms with Gasteiger partial charge in [0, 0.05) is 0 Å². The highest BCUT2D eigenvalue weighted by atomic mass is 35.5. The molecule has 1 saturated heterocycles. The third kappa shape index (κ3) is 2.06. The van der Waals surface area contributed by atoms with Crippen molar-refractivity contribution in [2.45, 2.75) is 6.42 Å². The van der Waals surface area contributed by atoms with Crippen LogP contribution in [0.3, 0.4) is 0 Å². The number of hydrazone groups is 1. The Labute approximate surface area is 143 Å². The van der Waals surface area contributed by atoms with Gasteiger partial charge in [-0.25, -0.2) is 0 Å². The smallest absolute Gasteiger partial charge is 0.254 e. The molecule has 0 spiro atoms. The summed E-state index contributed by atoms with van der Waals surface area (Å²) < 4.78 is 5.03. The zero-order chi connectivity index (χ0) is 17.0. The Hall–Kier alpha value is -2.34. The van der Waals surface area contributed by atoms with Crippen LogP contribution < -0.4 is 4.74 Å². The largest absolute Gasteiger partial charge is 0.503 e. The Morgan fingerprint density at radius 1 is 1.25 bits per heavy atom. The molecule has 124 valence electrons. The molecule has 2 fully saturated rings. The molecule has 2 amide bonds. The fraction of sp³-hybridized carbons (Fsp3) is 0.353. The van der Waals surface area contributed by atoms with Crippen molar-refractivity contribution in [3.63, 3.8) is 0 Å². The van der Waals surface area contributed by atoms with Gasteiger partial charge in [-0.05, 0) is 36.0 Å². The van der Waals surface area contributed by atoms with Crippen molar-refractivity contribution >= 4 is 29.6 Å². The van der Waals surface area contributed by atoms with Gasteiger partial charge < -0.3 is 9.84 Å². The van der Waals surface area contributed by atoms with Crippen molar-refractivity contribution in [2.24, 2.45) is 28.8 Å². The number of fused-ring (bicyclic) bond motifs is 5. The molecule has 0 radical (unpaired) electrons. The summed E-state index contributed by atoms with van der Waals surface area (Å²) in [6, 6.07) is 3.02. The number of ether oxygens (including phenoxy) is 1. The maximum atomic E-state index is 12.5. The summed E-state index contributed by atoms with van der Waals surface area (Å²) >= 11 is 5.93. The van der Waals surface area contributed by atoms with E-state index in [1.807, 2.05) is 12.2 Å². The van der Waals surface area contributed by atoms with Gasteiger partial charge in [-0.2, -0.15) is 10.1 Å². The lowest BCUT2D eigenvalue weighted by atomic mass is 9.85. The maximum Gasteiger partial charge on any atom is 0.254 e. The molecule has 1 aromatic rings. The van der Waals surface area contributed by atoms with E-state index in [2.05, 4.69) is 5.10 Å². The summed E-state index contributed by atoms with van der Waals surface area (Å²) in [5, 5.41) is 14.9. The lowest BCUT2D eigenvalue weighted by molar-refractivity contribution is -0.140. The number of carbonyl (C=O) groups is 2. The molecule has 1 aliphatic heterocycles. The summed E-state index contributed by atoms with van der Waals surface area (Å²) in [4.78, 5) is 25.0. The molecule has 1 saturated carbocycles. The highest BCUT2D eigenvalue weighted by Gasteiger charge is 2.59. The minimum atomic E-state index is -0.275. The van der Waals surface area contributed by atoms with Crippen LogP contribution in [-0.4, -0.2) is 35.3 Å². The van der Waals surface area contributed by atoms with Crippen LogP contribution in [0.1, 0.15) is 12.0 Å². The minimum Gasteiger partial charge on any atom is -0.503 e. The first-order chi connectivity index (χ1) is 11.5. The summed E-state index contributed by atoms with van der Waals surface area (Å²) in [6.45, 7) is 0. The summed E-state index contributed by atoms with van der Waals surface area (Å²) in [5.41, 5.74) is 0.522. The van der Waals surface area contributed by atoms with E-state index in [1.165, 1.54) is 25.5 Å². The van der Waals surface area contributed by atoms with Gasteiger partial charge in [0.05, 0.1) is 30.2 Å². The van der Waals surface area contributed by atoms with Gasteiger partial charge in [0.15, 0.2) is 11.5 Å². The molecule has 2 bridgehead atoms. The predicted molar refractivity (Wildman–Crippen MR) is 86.8 cm³/mol. The second-order valence-electron chi connectivity index (χ2n) is 6.29. The van der Waals surface area contributed by atoms with E-state index in [4.69, 9.17) is 16.3 Å². The summed E-state index contributed by atoms with van der Waals surface area (Å²) in [7, 11) is 1.41. The van der Waals surface area contributed by atoms with Crippen molar-refractivity contribution in [1.82, 2.24) is 5.01 Å². The van der Waals surface area contributed by atoms with Crippen LogP contribution in [0.4, 0.5) is 0 Å².